The topological polar surface area (TPSA) is 143 Å². The third-order valence-corrected chi connectivity index (χ3v) is 12.1. The van der Waals surface area contributed by atoms with Crippen LogP contribution in [0.15, 0.2) is 76.5 Å². The van der Waals surface area contributed by atoms with Crippen molar-refractivity contribution in [1.82, 2.24) is 9.21 Å². The van der Waals surface area contributed by atoms with E-state index in [0.29, 0.717) is 24.5 Å². The number of hydrogen-bond acceptors (Lipinski definition) is 8. The molecule has 1 amide bonds. The van der Waals surface area contributed by atoms with Gasteiger partial charge < -0.3 is 19.5 Å². The highest BCUT2D eigenvalue weighted by Crippen LogP contribution is 2.30. The zero-order valence-electron chi connectivity index (χ0n) is 28.5. The van der Waals surface area contributed by atoms with Crippen LogP contribution in [0.5, 0.6) is 5.75 Å². The number of benzene rings is 3. The Morgan fingerprint density at radius 2 is 1.65 bits per heavy atom. The molecule has 0 saturated carbocycles. The van der Waals surface area contributed by atoms with Gasteiger partial charge in [-0.3, -0.25) is 9.52 Å². The normalized spacial score (nSPS) is 20.6. The Morgan fingerprint density at radius 1 is 1.00 bits per heavy atom. The summed E-state index contributed by atoms with van der Waals surface area (Å²) in [6, 6.07) is 16.3. The van der Waals surface area contributed by atoms with E-state index >= 15 is 0 Å². The molecule has 0 aromatic heterocycles. The van der Waals surface area contributed by atoms with E-state index in [4.69, 9.17) is 21.1 Å². The fraction of sp³-hybridized carbons (Fsp3) is 0.457. The number of aliphatic hydroxyl groups is 1. The first-order valence-corrected chi connectivity index (χ1v) is 19.6. The van der Waals surface area contributed by atoms with E-state index in [1.54, 1.807) is 31.2 Å². The summed E-state index contributed by atoms with van der Waals surface area (Å²) in [5.41, 5.74) is 1.21. The van der Waals surface area contributed by atoms with E-state index in [1.807, 2.05) is 20.8 Å². The number of hydrogen-bond donors (Lipinski definition) is 2. The molecule has 3 aromatic carbocycles. The number of likely N-dealkylation sites (N-methyl/N-ethyl adjacent to an activating group) is 1. The third kappa shape index (κ3) is 9.95. The van der Waals surface area contributed by atoms with Crippen molar-refractivity contribution in [3.05, 3.63) is 82.9 Å². The Morgan fingerprint density at radius 3 is 2.31 bits per heavy atom. The molecule has 49 heavy (non-hydrogen) atoms. The molecule has 4 rings (SSSR count). The van der Waals surface area contributed by atoms with Crippen molar-refractivity contribution in [2.75, 3.05) is 38.1 Å². The molecule has 1 heterocycles. The number of amides is 1. The van der Waals surface area contributed by atoms with Crippen LogP contribution >= 0.6 is 11.6 Å². The first kappa shape index (κ1) is 38.6. The number of carbonyl (C=O) groups is 1. The summed E-state index contributed by atoms with van der Waals surface area (Å²) in [6.07, 6.45) is 1.23. The van der Waals surface area contributed by atoms with E-state index in [1.165, 1.54) is 58.7 Å². The van der Waals surface area contributed by atoms with E-state index in [9.17, 15) is 26.7 Å². The second-order valence-electron chi connectivity index (χ2n) is 12.7. The predicted octanol–water partition coefficient (Wildman–Crippen LogP) is 5.57. The highest BCUT2D eigenvalue weighted by Gasteiger charge is 2.32. The average Bonchev–Trinajstić information content (AvgIpc) is 3.06. The first-order chi connectivity index (χ1) is 23.1. The summed E-state index contributed by atoms with van der Waals surface area (Å²) in [7, 11) is -6.35. The van der Waals surface area contributed by atoms with Crippen molar-refractivity contribution in [1.29, 1.82) is 0 Å². The number of ether oxygens (including phenoxy) is 2. The number of fused-ring (bicyclic) bond motifs is 1. The fourth-order valence-corrected chi connectivity index (χ4v) is 7.88. The SMILES string of the molecule is Cc1ccc(S(=O)(=O)Nc2ccc3c(c2)C(=O)N([C@@H](C)CO)C[C@H](C)[C@@H](CN(C)S(=O)(=O)c2ccc(Cl)cc2)OCCCC[C@@H](C)O3)cc1. The quantitative estimate of drug-likeness (QED) is 0.291. The van der Waals surface area contributed by atoms with Gasteiger partial charge in [-0.05, 0) is 94.6 Å². The summed E-state index contributed by atoms with van der Waals surface area (Å²) < 4.78 is 69.6. The second kappa shape index (κ2) is 16.7. The lowest BCUT2D eigenvalue weighted by molar-refractivity contribution is -0.00833. The van der Waals surface area contributed by atoms with Gasteiger partial charge in [0.05, 0.1) is 40.2 Å². The van der Waals surface area contributed by atoms with E-state index in [0.717, 1.165) is 12.0 Å². The zero-order chi connectivity index (χ0) is 35.9. The van der Waals surface area contributed by atoms with Crippen molar-refractivity contribution >= 4 is 43.2 Å². The molecule has 0 radical (unpaired) electrons. The van der Waals surface area contributed by atoms with Gasteiger partial charge in [0.15, 0.2) is 0 Å². The highest BCUT2D eigenvalue weighted by molar-refractivity contribution is 7.92. The lowest BCUT2D eigenvalue weighted by Gasteiger charge is -2.35. The van der Waals surface area contributed by atoms with Gasteiger partial charge in [-0.2, -0.15) is 4.31 Å². The third-order valence-electron chi connectivity index (χ3n) is 8.59. The number of anilines is 1. The molecule has 0 fully saturated rings. The Hall–Kier alpha value is -3.20. The maximum absolute atomic E-state index is 14.4. The molecular formula is C35H46ClN3O8S2. The fourth-order valence-electron chi connectivity index (χ4n) is 5.52. The van der Waals surface area contributed by atoms with E-state index in [-0.39, 0.29) is 58.5 Å². The van der Waals surface area contributed by atoms with Crippen molar-refractivity contribution < 1.29 is 36.2 Å². The largest absolute Gasteiger partial charge is 0.490 e. The lowest BCUT2D eigenvalue weighted by Crippen LogP contribution is -2.48. The van der Waals surface area contributed by atoms with Crippen LogP contribution in [0.2, 0.25) is 5.02 Å². The summed E-state index contributed by atoms with van der Waals surface area (Å²) in [4.78, 5) is 16.0. The van der Waals surface area contributed by atoms with Crippen LogP contribution in [-0.4, -0.2) is 88.7 Å². The molecular weight excluding hydrogens is 690 g/mol. The highest BCUT2D eigenvalue weighted by atomic mass is 35.5. The first-order valence-electron chi connectivity index (χ1n) is 16.3. The lowest BCUT2D eigenvalue weighted by atomic mass is 10.0. The number of aryl methyl sites for hydroxylation is 1. The Labute approximate surface area is 295 Å². The van der Waals surface area contributed by atoms with Crippen LogP contribution in [0.1, 0.15) is 56.0 Å². The Kier molecular flexibility index (Phi) is 13.1. The number of nitrogens with one attached hydrogen (secondary N) is 1. The van der Waals surface area contributed by atoms with Gasteiger partial charge in [0.2, 0.25) is 10.0 Å². The maximum Gasteiger partial charge on any atom is 0.261 e. The van der Waals surface area contributed by atoms with Crippen LogP contribution in [-0.2, 0) is 24.8 Å². The standard InChI is InChI=1S/C35H46ClN3O8S2/c1-24-9-14-30(15-10-24)48(42,43)37-29-13-18-33-32(20-29)35(41)39(26(3)23-40)21-25(2)34(46-19-7-6-8-27(4)47-33)22-38(5)49(44,45)31-16-11-28(36)12-17-31/h9-18,20,25-27,34,37,40H,6-8,19,21-23H2,1-5H3/t25-,26-,27+,34+/m0/s1. The van der Waals surface area contributed by atoms with Crippen LogP contribution in [0.25, 0.3) is 0 Å². The van der Waals surface area contributed by atoms with Crippen LogP contribution in [0.3, 0.4) is 0 Å². The molecule has 3 aromatic rings. The molecule has 268 valence electrons. The minimum absolute atomic E-state index is 0.0166. The number of nitrogens with zero attached hydrogens (tertiary/aromatic N) is 2. The number of sulfonamides is 2. The Balaban J connectivity index is 1.67. The van der Waals surface area contributed by atoms with Crippen molar-refractivity contribution in [3.63, 3.8) is 0 Å². The van der Waals surface area contributed by atoms with Gasteiger partial charge >= 0.3 is 0 Å². The molecule has 0 unspecified atom stereocenters. The Bertz CT molecular complexity index is 1790. The predicted molar refractivity (Wildman–Crippen MR) is 190 cm³/mol. The summed E-state index contributed by atoms with van der Waals surface area (Å²) >= 11 is 5.98. The van der Waals surface area contributed by atoms with Crippen molar-refractivity contribution in [3.8, 4) is 5.75 Å². The molecule has 0 spiro atoms. The molecule has 0 aliphatic carbocycles. The van der Waals surface area contributed by atoms with Crippen LogP contribution < -0.4 is 9.46 Å². The van der Waals surface area contributed by atoms with Crippen molar-refractivity contribution in [2.24, 2.45) is 5.92 Å². The molecule has 2 N–H and O–H groups in total. The van der Waals surface area contributed by atoms with Gasteiger partial charge in [0, 0.05) is 43.4 Å². The molecule has 0 bridgehead atoms. The second-order valence-corrected chi connectivity index (χ2v) is 16.8. The summed E-state index contributed by atoms with van der Waals surface area (Å²) in [5.74, 6) is -0.572. The van der Waals surface area contributed by atoms with E-state index < -0.39 is 38.1 Å². The number of rotatable bonds is 9. The van der Waals surface area contributed by atoms with Gasteiger partial charge in [0.1, 0.15) is 5.75 Å². The molecule has 1 aliphatic rings. The van der Waals surface area contributed by atoms with Gasteiger partial charge in [-0.15, -0.1) is 0 Å². The molecule has 4 atom stereocenters. The van der Waals surface area contributed by atoms with Crippen LogP contribution in [0.4, 0.5) is 5.69 Å². The van der Waals surface area contributed by atoms with Gasteiger partial charge in [0.25, 0.3) is 15.9 Å². The minimum Gasteiger partial charge on any atom is -0.490 e. The minimum atomic E-state index is -3.96. The molecule has 14 heteroatoms. The molecule has 11 nitrogen and oxygen atoms in total. The molecule has 1 aliphatic heterocycles. The summed E-state index contributed by atoms with van der Waals surface area (Å²) in [6.45, 7) is 7.48. The smallest absolute Gasteiger partial charge is 0.261 e. The monoisotopic (exact) mass is 735 g/mol. The van der Waals surface area contributed by atoms with E-state index in [2.05, 4.69) is 4.72 Å². The maximum atomic E-state index is 14.4. The average molecular weight is 736 g/mol. The van der Waals surface area contributed by atoms with Gasteiger partial charge in [-0.1, -0.05) is 36.2 Å². The number of halogens is 1. The van der Waals surface area contributed by atoms with Crippen LogP contribution in [0, 0.1) is 12.8 Å². The molecule has 0 saturated heterocycles. The number of aliphatic hydroxyl groups excluding tert-OH is 1. The van der Waals surface area contributed by atoms with Gasteiger partial charge in [-0.25, -0.2) is 16.8 Å². The van der Waals surface area contributed by atoms with Crippen molar-refractivity contribution in [2.45, 2.75) is 75.0 Å². The summed E-state index contributed by atoms with van der Waals surface area (Å²) in [5, 5.41) is 10.6. The number of carbonyl (C=O) groups excluding carboxylic acids is 1. The zero-order valence-corrected chi connectivity index (χ0v) is 30.9.